The number of carbonyl (C=O) groups excluding carboxylic acids is 2. The zero-order valence-electron chi connectivity index (χ0n) is 16.4. The topological polar surface area (TPSA) is 62.7 Å². The van der Waals surface area contributed by atoms with Crippen LogP contribution in [-0.4, -0.2) is 52.5 Å². The molecule has 0 unspecified atom stereocenters. The molecular weight excluding hydrogens is 362 g/mol. The van der Waals surface area contributed by atoms with Crippen molar-refractivity contribution in [2.24, 2.45) is 5.92 Å². The third-order valence-corrected chi connectivity index (χ3v) is 5.60. The summed E-state index contributed by atoms with van der Waals surface area (Å²) in [7, 11) is 1.83. The number of carbonyl (C=O) groups is 2. The molecule has 1 saturated heterocycles. The molecule has 0 atom stereocenters. The first-order valence-electron chi connectivity index (χ1n) is 9.30. The van der Waals surface area contributed by atoms with Crippen molar-refractivity contribution in [1.82, 2.24) is 14.8 Å². The van der Waals surface area contributed by atoms with Gasteiger partial charge < -0.3 is 14.5 Å². The summed E-state index contributed by atoms with van der Waals surface area (Å²) in [6.07, 6.45) is 1.04. The molecule has 6 nitrogen and oxygen atoms in total. The smallest absolute Gasteiger partial charge is 0.410 e. The number of para-hydroxylation sites is 1. The van der Waals surface area contributed by atoms with Gasteiger partial charge in [-0.3, -0.25) is 4.79 Å². The molecule has 0 saturated carbocycles. The first-order valence-corrected chi connectivity index (χ1v) is 10.1. The third kappa shape index (κ3) is 4.97. The summed E-state index contributed by atoms with van der Waals surface area (Å²) in [4.78, 5) is 33.0. The predicted octanol–water partition coefficient (Wildman–Crippen LogP) is 3.90. The number of hydrogen-bond donors (Lipinski definition) is 0. The van der Waals surface area contributed by atoms with Crippen molar-refractivity contribution in [3.05, 3.63) is 29.3 Å². The largest absolute Gasteiger partial charge is 0.444 e. The highest BCUT2D eigenvalue weighted by atomic mass is 32.1. The van der Waals surface area contributed by atoms with Gasteiger partial charge in [-0.2, -0.15) is 0 Å². The minimum atomic E-state index is -0.499. The Morgan fingerprint density at radius 3 is 2.56 bits per heavy atom. The van der Waals surface area contributed by atoms with Gasteiger partial charge in [0.2, 0.25) is 5.91 Å². The highest BCUT2D eigenvalue weighted by molar-refractivity contribution is 7.18. The van der Waals surface area contributed by atoms with Crippen LogP contribution in [0, 0.1) is 5.92 Å². The molecule has 2 heterocycles. The third-order valence-electron chi connectivity index (χ3n) is 4.58. The van der Waals surface area contributed by atoms with E-state index in [0.29, 0.717) is 32.5 Å². The van der Waals surface area contributed by atoms with E-state index in [1.165, 1.54) is 0 Å². The molecule has 2 amide bonds. The highest BCUT2D eigenvalue weighted by Crippen LogP contribution is 2.25. The minimum Gasteiger partial charge on any atom is -0.444 e. The molecule has 0 aliphatic carbocycles. The molecule has 1 aliphatic heterocycles. The van der Waals surface area contributed by atoms with Crippen LogP contribution in [0.25, 0.3) is 10.2 Å². The molecule has 0 N–H and O–H groups in total. The summed E-state index contributed by atoms with van der Waals surface area (Å²) < 4.78 is 6.55. The van der Waals surface area contributed by atoms with Gasteiger partial charge in [0.1, 0.15) is 10.6 Å². The number of piperidine rings is 1. The van der Waals surface area contributed by atoms with Gasteiger partial charge in [0.25, 0.3) is 0 Å². The Bertz CT molecular complexity index is 786. The number of thiazole rings is 1. The van der Waals surface area contributed by atoms with Crippen molar-refractivity contribution >= 4 is 33.6 Å². The van der Waals surface area contributed by atoms with Crippen molar-refractivity contribution in [2.75, 3.05) is 20.1 Å². The Balaban J connectivity index is 1.53. The SMILES string of the molecule is CN(Cc1nc2ccccc2s1)C(=O)C1CCN(C(=O)OC(C)(C)C)CC1. The zero-order chi connectivity index (χ0) is 19.6. The molecule has 0 radical (unpaired) electrons. The van der Waals surface area contributed by atoms with Crippen LogP contribution in [0.4, 0.5) is 4.79 Å². The van der Waals surface area contributed by atoms with Crippen LogP contribution in [0.2, 0.25) is 0 Å². The number of hydrogen-bond acceptors (Lipinski definition) is 5. The van der Waals surface area contributed by atoms with Gasteiger partial charge in [-0.05, 0) is 45.7 Å². The summed E-state index contributed by atoms with van der Waals surface area (Å²) >= 11 is 1.62. The van der Waals surface area contributed by atoms with Gasteiger partial charge in [-0.1, -0.05) is 12.1 Å². The molecular formula is C20H27N3O3S. The summed E-state index contributed by atoms with van der Waals surface area (Å²) in [6, 6.07) is 8.00. The van der Waals surface area contributed by atoms with Crippen LogP contribution in [0.15, 0.2) is 24.3 Å². The van der Waals surface area contributed by atoms with Crippen LogP contribution >= 0.6 is 11.3 Å². The predicted molar refractivity (Wildman–Crippen MR) is 107 cm³/mol. The van der Waals surface area contributed by atoms with Crippen molar-refractivity contribution < 1.29 is 14.3 Å². The van der Waals surface area contributed by atoms with E-state index in [-0.39, 0.29) is 17.9 Å². The molecule has 2 aromatic rings. The van der Waals surface area contributed by atoms with E-state index in [4.69, 9.17) is 4.74 Å². The second kappa shape index (κ2) is 7.84. The number of nitrogens with zero attached hydrogens (tertiary/aromatic N) is 3. The van der Waals surface area contributed by atoms with E-state index in [1.54, 1.807) is 21.1 Å². The number of amides is 2. The number of fused-ring (bicyclic) bond motifs is 1. The average Bonchev–Trinajstić information content (AvgIpc) is 3.02. The van der Waals surface area contributed by atoms with Gasteiger partial charge >= 0.3 is 6.09 Å². The highest BCUT2D eigenvalue weighted by Gasteiger charge is 2.31. The van der Waals surface area contributed by atoms with Gasteiger partial charge in [-0.15, -0.1) is 11.3 Å². The van der Waals surface area contributed by atoms with Crippen LogP contribution in [-0.2, 0) is 16.1 Å². The molecule has 7 heteroatoms. The fraction of sp³-hybridized carbons (Fsp3) is 0.550. The zero-order valence-corrected chi connectivity index (χ0v) is 17.2. The van der Waals surface area contributed by atoms with Gasteiger partial charge in [0, 0.05) is 26.1 Å². The molecule has 1 aromatic carbocycles. The number of benzene rings is 1. The van der Waals surface area contributed by atoms with Gasteiger partial charge in [0.05, 0.1) is 16.8 Å². The number of rotatable bonds is 3. The van der Waals surface area contributed by atoms with E-state index < -0.39 is 5.60 Å². The van der Waals surface area contributed by atoms with Crippen molar-refractivity contribution in [3.63, 3.8) is 0 Å². The molecule has 146 valence electrons. The second-order valence-corrected chi connectivity index (χ2v) is 9.13. The fourth-order valence-electron chi connectivity index (χ4n) is 3.22. The Labute approximate surface area is 164 Å². The van der Waals surface area contributed by atoms with E-state index in [9.17, 15) is 9.59 Å². The minimum absolute atomic E-state index is 0.0527. The first-order chi connectivity index (χ1) is 12.7. The van der Waals surface area contributed by atoms with Crippen molar-refractivity contribution in [1.29, 1.82) is 0 Å². The number of ether oxygens (including phenoxy) is 1. The van der Waals surface area contributed by atoms with E-state index in [1.807, 2.05) is 52.1 Å². The lowest BCUT2D eigenvalue weighted by Gasteiger charge is -2.34. The Morgan fingerprint density at radius 1 is 1.26 bits per heavy atom. The lowest BCUT2D eigenvalue weighted by Crippen LogP contribution is -2.45. The fourth-order valence-corrected chi connectivity index (χ4v) is 4.24. The van der Waals surface area contributed by atoms with Crippen molar-refractivity contribution in [3.8, 4) is 0 Å². The molecule has 1 fully saturated rings. The molecule has 1 aliphatic rings. The monoisotopic (exact) mass is 389 g/mol. The average molecular weight is 390 g/mol. The summed E-state index contributed by atoms with van der Waals surface area (Å²) in [5.41, 5.74) is 0.477. The Hall–Kier alpha value is -2.15. The molecule has 3 rings (SSSR count). The second-order valence-electron chi connectivity index (χ2n) is 8.01. The molecule has 1 aromatic heterocycles. The normalized spacial score (nSPS) is 15.8. The van der Waals surface area contributed by atoms with E-state index in [2.05, 4.69) is 4.98 Å². The number of aromatic nitrogens is 1. The van der Waals surface area contributed by atoms with Gasteiger partial charge in [0.15, 0.2) is 0 Å². The Kier molecular flexibility index (Phi) is 5.69. The van der Waals surface area contributed by atoms with Crippen LogP contribution in [0.5, 0.6) is 0 Å². The summed E-state index contributed by atoms with van der Waals surface area (Å²) in [5, 5.41) is 0.943. The molecule has 27 heavy (non-hydrogen) atoms. The number of likely N-dealkylation sites (tertiary alicyclic amines) is 1. The molecule has 0 bridgehead atoms. The Morgan fingerprint density at radius 2 is 1.93 bits per heavy atom. The van der Waals surface area contributed by atoms with Crippen LogP contribution in [0.1, 0.15) is 38.6 Å². The van der Waals surface area contributed by atoms with Crippen LogP contribution in [0.3, 0.4) is 0 Å². The summed E-state index contributed by atoms with van der Waals surface area (Å²) in [5.74, 6) is 0.0705. The van der Waals surface area contributed by atoms with Gasteiger partial charge in [-0.25, -0.2) is 9.78 Å². The quantitative estimate of drug-likeness (QED) is 0.799. The lowest BCUT2D eigenvalue weighted by atomic mass is 9.95. The molecule has 0 spiro atoms. The summed E-state index contributed by atoms with van der Waals surface area (Å²) in [6.45, 7) is 7.21. The maximum Gasteiger partial charge on any atom is 0.410 e. The van der Waals surface area contributed by atoms with Crippen LogP contribution < -0.4 is 0 Å². The first kappa shape index (κ1) is 19.6. The van der Waals surface area contributed by atoms with E-state index in [0.717, 1.165) is 15.2 Å². The lowest BCUT2D eigenvalue weighted by molar-refractivity contribution is -0.136. The maximum absolute atomic E-state index is 12.8. The maximum atomic E-state index is 12.8. The van der Waals surface area contributed by atoms with E-state index >= 15 is 0 Å². The van der Waals surface area contributed by atoms with Crippen molar-refractivity contribution in [2.45, 2.75) is 45.8 Å². The standard InChI is InChI=1S/C20H27N3O3S/c1-20(2,3)26-19(25)23-11-9-14(10-12-23)18(24)22(4)13-17-21-15-7-5-6-8-16(15)27-17/h5-8,14H,9-13H2,1-4H3.